The second-order valence-corrected chi connectivity index (χ2v) is 5.43. The van der Waals surface area contributed by atoms with Crippen molar-refractivity contribution in [1.29, 1.82) is 0 Å². The predicted octanol–water partition coefficient (Wildman–Crippen LogP) is 0.917. The number of aromatic nitrogens is 2. The van der Waals surface area contributed by atoms with Gasteiger partial charge in [-0.3, -0.25) is 9.82 Å². The summed E-state index contributed by atoms with van der Waals surface area (Å²) in [6.45, 7) is 0. The Morgan fingerprint density at radius 1 is 1.40 bits per heavy atom. The smallest absolute Gasteiger partial charge is 0.339 e. The lowest BCUT2D eigenvalue weighted by Crippen LogP contribution is -2.14. The molecule has 0 unspecified atom stereocenters. The normalized spacial score (nSPS) is 11.1. The molecule has 0 bridgehead atoms. The van der Waals surface area contributed by atoms with Crippen LogP contribution in [0.1, 0.15) is 10.4 Å². The van der Waals surface area contributed by atoms with Gasteiger partial charge in [-0.1, -0.05) is 0 Å². The van der Waals surface area contributed by atoms with Gasteiger partial charge in [-0.15, -0.1) is 0 Å². The van der Waals surface area contributed by atoms with E-state index >= 15 is 0 Å². The molecule has 2 rings (SSSR count). The van der Waals surface area contributed by atoms with Crippen molar-refractivity contribution in [2.75, 3.05) is 11.8 Å². The summed E-state index contributed by atoms with van der Waals surface area (Å²) in [5, 5.41) is 15.1. The Balaban J connectivity index is 2.42. The maximum atomic E-state index is 12.1. The zero-order valence-electron chi connectivity index (χ0n) is 10.3. The highest BCUT2D eigenvalue weighted by Crippen LogP contribution is 2.23. The number of hydrogen-bond acceptors (Lipinski definition) is 5. The number of rotatable bonds is 5. The zero-order valence-corrected chi connectivity index (χ0v) is 11.1. The van der Waals surface area contributed by atoms with Crippen LogP contribution < -0.4 is 9.46 Å². The summed E-state index contributed by atoms with van der Waals surface area (Å²) in [6, 6.07) is 4.99. The maximum Gasteiger partial charge on any atom is 0.339 e. The topological polar surface area (TPSA) is 121 Å². The number of hydrogen-bond donors (Lipinski definition) is 3. The van der Waals surface area contributed by atoms with Gasteiger partial charge in [0, 0.05) is 6.07 Å². The van der Waals surface area contributed by atoms with Crippen molar-refractivity contribution in [1.82, 2.24) is 10.2 Å². The minimum absolute atomic E-state index is 0.0815. The molecule has 0 aliphatic heterocycles. The predicted molar refractivity (Wildman–Crippen MR) is 69.3 cm³/mol. The second kappa shape index (κ2) is 5.21. The van der Waals surface area contributed by atoms with Crippen molar-refractivity contribution in [2.45, 2.75) is 4.90 Å². The van der Waals surface area contributed by atoms with E-state index in [1.807, 2.05) is 0 Å². The van der Waals surface area contributed by atoms with Gasteiger partial charge in [0.15, 0.2) is 0 Å². The van der Waals surface area contributed by atoms with Crippen molar-refractivity contribution in [3.63, 3.8) is 0 Å². The van der Waals surface area contributed by atoms with E-state index in [-0.39, 0.29) is 22.0 Å². The fourth-order valence-electron chi connectivity index (χ4n) is 1.54. The van der Waals surface area contributed by atoms with Crippen molar-refractivity contribution < 1.29 is 23.1 Å². The number of carbonyl (C=O) groups is 1. The lowest BCUT2D eigenvalue weighted by molar-refractivity contribution is 0.0693. The Hall–Kier alpha value is -2.55. The summed E-state index contributed by atoms with van der Waals surface area (Å²) in [5.41, 5.74) is -0.236. The van der Waals surface area contributed by atoms with Gasteiger partial charge in [0.25, 0.3) is 10.0 Å². The monoisotopic (exact) mass is 297 g/mol. The van der Waals surface area contributed by atoms with E-state index in [2.05, 4.69) is 14.9 Å². The lowest BCUT2D eigenvalue weighted by atomic mass is 10.2. The Morgan fingerprint density at radius 3 is 2.70 bits per heavy atom. The molecule has 1 aromatic carbocycles. The molecular weight excluding hydrogens is 286 g/mol. The lowest BCUT2D eigenvalue weighted by Gasteiger charge is -2.09. The summed E-state index contributed by atoms with van der Waals surface area (Å²) in [7, 11) is -2.60. The molecule has 8 nitrogen and oxygen atoms in total. The molecule has 0 radical (unpaired) electrons. The summed E-state index contributed by atoms with van der Waals surface area (Å²) in [6.07, 6.45) is 1.38. The molecule has 0 aliphatic rings. The van der Waals surface area contributed by atoms with Gasteiger partial charge >= 0.3 is 5.97 Å². The minimum atomic E-state index is -3.90. The fourth-order valence-corrected chi connectivity index (χ4v) is 2.58. The molecule has 3 N–H and O–H groups in total. The first-order valence-electron chi connectivity index (χ1n) is 5.37. The van der Waals surface area contributed by atoms with Crippen LogP contribution >= 0.6 is 0 Å². The van der Waals surface area contributed by atoms with Crippen molar-refractivity contribution in [3.05, 3.63) is 36.0 Å². The Labute approximate surface area is 114 Å². The Morgan fingerprint density at radius 2 is 2.15 bits per heavy atom. The van der Waals surface area contributed by atoms with E-state index in [0.717, 1.165) is 6.07 Å². The fraction of sp³-hybridized carbons (Fsp3) is 0.0909. The van der Waals surface area contributed by atoms with Gasteiger partial charge in [0.2, 0.25) is 0 Å². The van der Waals surface area contributed by atoms with Crippen LogP contribution in [0.2, 0.25) is 0 Å². The number of carboxylic acids is 1. The first-order chi connectivity index (χ1) is 9.44. The summed E-state index contributed by atoms with van der Waals surface area (Å²) in [5.74, 6) is -1.02. The molecule has 0 saturated heterocycles. The standard InChI is InChI=1S/C11H11N3O5S/c1-19-9-3-2-7(6-8(9)11(15)16)20(17,18)14-10-4-5-12-13-10/h2-6H,1H3,(H,15,16)(H2,12,13,14). The third kappa shape index (κ3) is 2.72. The maximum absolute atomic E-state index is 12.1. The number of carboxylic acid groups (broad SMARTS) is 1. The average molecular weight is 297 g/mol. The molecule has 2 aromatic rings. The number of ether oxygens (including phenoxy) is 1. The number of aromatic amines is 1. The largest absolute Gasteiger partial charge is 0.496 e. The number of benzene rings is 1. The number of nitrogens with zero attached hydrogens (tertiary/aromatic N) is 1. The van der Waals surface area contributed by atoms with Crippen molar-refractivity contribution in [2.24, 2.45) is 0 Å². The van der Waals surface area contributed by atoms with Crippen molar-refractivity contribution >= 4 is 21.8 Å². The van der Waals surface area contributed by atoms with Gasteiger partial charge in [-0.2, -0.15) is 5.10 Å². The molecule has 0 fully saturated rings. The second-order valence-electron chi connectivity index (χ2n) is 3.74. The average Bonchev–Trinajstić information content (AvgIpc) is 2.89. The van der Waals surface area contributed by atoms with Crippen LogP contribution in [0.5, 0.6) is 5.75 Å². The van der Waals surface area contributed by atoms with Crippen LogP contribution in [0.25, 0.3) is 0 Å². The van der Waals surface area contributed by atoms with Crippen LogP contribution in [0.15, 0.2) is 35.4 Å². The number of anilines is 1. The van der Waals surface area contributed by atoms with Gasteiger partial charge in [0.1, 0.15) is 17.1 Å². The number of sulfonamides is 1. The minimum Gasteiger partial charge on any atom is -0.496 e. The van der Waals surface area contributed by atoms with E-state index in [4.69, 9.17) is 9.84 Å². The molecule has 0 spiro atoms. The molecule has 1 aromatic heterocycles. The molecule has 0 amide bonds. The number of nitrogens with one attached hydrogen (secondary N) is 2. The molecule has 1 heterocycles. The van der Waals surface area contributed by atoms with E-state index in [1.165, 1.54) is 31.5 Å². The number of aromatic carboxylic acids is 1. The van der Waals surface area contributed by atoms with Gasteiger partial charge in [-0.05, 0) is 18.2 Å². The van der Waals surface area contributed by atoms with Crippen LogP contribution in [-0.2, 0) is 10.0 Å². The summed E-state index contributed by atoms with van der Waals surface area (Å²) >= 11 is 0. The highest BCUT2D eigenvalue weighted by Gasteiger charge is 2.19. The van der Waals surface area contributed by atoms with Crippen molar-refractivity contribution in [3.8, 4) is 5.75 Å². The van der Waals surface area contributed by atoms with Crippen LogP contribution in [0.4, 0.5) is 5.82 Å². The highest BCUT2D eigenvalue weighted by atomic mass is 32.2. The molecular formula is C11H11N3O5S. The first-order valence-corrected chi connectivity index (χ1v) is 6.86. The van der Waals surface area contributed by atoms with E-state index in [1.54, 1.807) is 0 Å². The van der Waals surface area contributed by atoms with E-state index < -0.39 is 16.0 Å². The Bertz CT molecular complexity index is 725. The third-order valence-electron chi connectivity index (χ3n) is 2.46. The van der Waals surface area contributed by atoms with Crippen LogP contribution in [0, 0.1) is 0 Å². The quantitative estimate of drug-likeness (QED) is 0.754. The Kier molecular flexibility index (Phi) is 3.61. The molecule has 20 heavy (non-hydrogen) atoms. The molecule has 0 saturated carbocycles. The van der Waals surface area contributed by atoms with Gasteiger partial charge < -0.3 is 9.84 Å². The summed E-state index contributed by atoms with van der Waals surface area (Å²) < 4.78 is 31.3. The third-order valence-corrected chi connectivity index (χ3v) is 3.82. The summed E-state index contributed by atoms with van der Waals surface area (Å²) in [4.78, 5) is 10.9. The van der Waals surface area contributed by atoms with Gasteiger partial charge in [0.05, 0.1) is 18.2 Å². The zero-order chi connectivity index (χ0) is 14.8. The first kappa shape index (κ1) is 13.9. The molecule has 106 valence electrons. The number of methoxy groups -OCH3 is 1. The highest BCUT2D eigenvalue weighted by molar-refractivity contribution is 7.92. The van der Waals surface area contributed by atoms with E-state index in [0.29, 0.717) is 0 Å². The molecule has 9 heteroatoms. The van der Waals surface area contributed by atoms with Crippen LogP contribution in [-0.4, -0.2) is 36.8 Å². The van der Waals surface area contributed by atoms with E-state index in [9.17, 15) is 13.2 Å². The SMILES string of the molecule is COc1ccc(S(=O)(=O)Nc2ccn[nH]2)cc1C(=O)O. The number of H-pyrrole nitrogens is 1. The van der Waals surface area contributed by atoms with Gasteiger partial charge in [-0.25, -0.2) is 13.2 Å². The van der Waals surface area contributed by atoms with Crippen LogP contribution in [0.3, 0.4) is 0 Å². The molecule has 0 aliphatic carbocycles. The molecule has 0 atom stereocenters.